The van der Waals surface area contributed by atoms with Gasteiger partial charge in [0.1, 0.15) is 6.10 Å². The number of nitrogens with zero attached hydrogens (tertiary/aromatic N) is 3. The van der Waals surface area contributed by atoms with E-state index in [0.717, 1.165) is 12.1 Å². The van der Waals surface area contributed by atoms with Crippen LogP contribution in [0, 0.1) is 0 Å². The molecule has 2 heterocycles. The van der Waals surface area contributed by atoms with Crippen LogP contribution in [0.5, 0.6) is 0 Å². The highest BCUT2D eigenvalue weighted by Crippen LogP contribution is 2.31. The molecule has 1 N–H and O–H groups in total. The Morgan fingerprint density at radius 3 is 2.42 bits per heavy atom. The van der Waals surface area contributed by atoms with Gasteiger partial charge in [-0.05, 0) is 28.1 Å². The number of aromatic nitrogens is 3. The molecule has 8 heteroatoms. The van der Waals surface area contributed by atoms with Crippen molar-refractivity contribution in [2.45, 2.75) is 12.3 Å². The normalized spacial score (nSPS) is 13.6. The lowest BCUT2D eigenvalue weighted by Crippen LogP contribution is -2.11. The molecular weight excluding hydrogens is 327 g/mol. The maximum atomic E-state index is 12.4. The van der Waals surface area contributed by atoms with Crippen molar-refractivity contribution in [2.75, 3.05) is 0 Å². The Bertz CT molecular complexity index is 560. The molecule has 2 rings (SSSR count). The van der Waals surface area contributed by atoms with Gasteiger partial charge in [0.15, 0.2) is 0 Å². The van der Waals surface area contributed by atoms with Crippen LogP contribution in [-0.2, 0) is 13.2 Å². The van der Waals surface area contributed by atoms with Crippen LogP contribution in [0.15, 0.2) is 29.0 Å². The third-order valence-electron chi connectivity index (χ3n) is 2.59. The quantitative estimate of drug-likeness (QED) is 0.917. The molecule has 0 radical (unpaired) electrons. The van der Waals surface area contributed by atoms with Crippen molar-refractivity contribution in [3.63, 3.8) is 0 Å². The van der Waals surface area contributed by atoms with Crippen molar-refractivity contribution in [1.82, 2.24) is 14.8 Å². The van der Waals surface area contributed by atoms with E-state index in [-0.39, 0.29) is 5.69 Å². The van der Waals surface area contributed by atoms with E-state index in [9.17, 15) is 18.3 Å². The molecule has 2 aromatic heterocycles. The fourth-order valence-corrected chi connectivity index (χ4v) is 2.17. The summed E-state index contributed by atoms with van der Waals surface area (Å²) in [6.45, 7) is 0. The van der Waals surface area contributed by atoms with E-state index < -0.39 is 17.8 Å². The van der Waals surface area contributed by atoms with E-state index in [0.29, 0.717) is 16.4 Å². The summed E-state index contributed by atoms with van der Waals surface area (Å²) in [7, 11) is 1.62. The second-order valence-electron chi connectivity index (χ2n) is 3.87. The number of hydrogen-bond donors (Lipinski definition) is 1. The Labute approximate surface area is 115 Å². The van der Waals surface area contributed by atoms with Gasteiger partial charge in [-0.25, -0.2) is 0 Å². The first-order chi connectivity index (χ1) is 8.80. The van der Waals surface area contributed by atoms with Crippen molar-refractivity contribution < 1.29 is 18.3 Å². The Kier molecular flexibility index (Phi) is 3.64. The van der Waals surface area contributed by atoms with Crippen molar-refractivity contribution in [3.8, 4) is 0 Å². The highest BCUT2D eigenvalue weighted by Gasteiger charge is 2.31. The van der Waals surface area contributed by atoms with Gasteiger partial charge >= 0.3 is 6.18 Å². The molecule has 0 fully saturated rings. The number of aliphatic hydroxyl groups is 1. The number of alkyl halides is 3. The van der Waals surface area contributed by atoms with Crippen molar-refractivity contribution in [2.24, 2.45) is 7.05 Å². The van der Waals surface area contributed by atoms with Crippen LogP contribution in [0.25, 0.3) is 0 Å². The summed E-state index contributed by atoms with van der Waals surface area (Å²) in [5.74, 6) is 0. The van der Waals surface area contributed by atoms with Crippen molar-refractivity contribution in [1.29, 1.82) is 0 Å². The summed E-state index contributed by atoms with van der Waals surface area (Å²) in [6.07, 6.45) is -3.40. The third-order valence-corrected chi connectivity index (χ3v) is 3.20. The molecular formula is C11H9BrF3N3O. The molecule has 0 aliphatic heterocycles. The molecule has 0 aliphatic carbocycles. The second kappa shape index (κ2) is 4.93. The Morgan fingerprint density at radius 2 is 2.00 bits per heavy atom. The van der Waals surface area contributed by atoms with Crippen molar-refractivity contribution >= 4 is 15.9 Å². The first-order valence-electron chi connectivity index (χ1n) is 5.19. The summed E-state index contributed by atoms with van der Waals surface area (Å²) in [5.41, 5.74) is -0.308. The summed E-state index contributed by atoms with van der Waals surface area (Å²) < 4.78 is 39.2. The summed E-state index contributed by atoms with van der Waals surface area (Å²) >= 11 is 3.21. The maximum absolute atomic E-state index is 12.4. The predicted molar refractivity (Wildman–Crippen MR) is 64.2 cm³/mol. The molecule has 0 saturated carbocycles. The largest absolute Gasteiger partial charge is 0.417 e. The van der Waals surface area contributed by atoms with E-state index in [1.165, 1.54) is 10.9 Å². The molecule has 0 spiro atoms. The maximum Gasteiger partial charge on any atom is 0.417 e. The van der Waals surface area contributed by atoms with Crippen LogP contribution in [-0.4, -0.2) is 19.9 Å². The number of pyridine rings is 1. The molecule has 1 atom stereocenters. The van der Waals surface area contributed by atoms with Gasteiger partial charge in [0.2, 0.25) is 0 Å². The summed E-state index contributed by atoms with van der Waals surface area (Å²) in [5, 5.41) is 14.0. The Balaban J connectivity index is 2.33. The first kappa shape index (κ1) is 14.0. The molecule has 0 aliphatic rings. The smallest absolute Gasteiger partial charge is 0.380 e. The van der Waals surface area contributed by atoms with E-state index in [1.54, 1.807) is 7.05 Å². The molecule has 19 heavy (non-hydrogen) atoms. The molecule has 0 bridgehead atoms. The minimum absolute atomic E-state index is 0.123. The van der Waals surface area contributed by atoms with Crippen LogP contribution in [0.4, 0.5) is 13.2 Å². The van der Waals surface area contributed by atoms with E-state index in [4.69, 9.17) is 0 Å². The molecule has 0 amide bonds. The average molecular weight is 336 g/mol. The van der Waals surface area contributed by atoms with Gasteiger partial charge in [0.05, 0.1) is 27.6 Å². The molecule has 1 unspecified atom stereocenters. The van der Waals surface area contributed by atoms with Crippen LogP contribution < -0.4 is 0 Å². The van der Waals surface area contributed by atoms with Crippen LogP contribution in [0.1, 0.15) is 23.1 Å². The van der Waals surface area contributed by atoms with Gasteiger partial charge in [-0.3, -0.25) is 9.67 Å². The Morgan fingerprint density at radius 1 is 1.32 bits per heavy atom. The zero-order valence-corrected chi connectivity index (χ0v) is 11.3. The van der Waals surface area contributed by atoms with Crippen LogP contribution in [0.3, 0.4) is 0 Å². The lowest BCUT2D eigenvalue weighted by atomic mass is 10.1. The number of aryl methyl sites for hydroxylation is 1. The minimum atomic E-state index is -4.44. The highest BCUT2D eigenvalue weighted by atomic mass is 79.9. The summed E-state index contributed by atoms with van der Waals surface area (Å²) in [6, 6.07) is 2.03. The minimum Gasteiger partial charge on any atom is -0.380 e. The van der Waals surface area contributed by atoms with Gasteiger partial charge < -0.3 is 5.11 Å². The molecule has 0 aromatic carbocycles. The average Bonchev–Trinajstić information content (AvgIpc) is 2.67. The topological polar surface area (TPSA) is 50.9 Å². The van der Waals surface area contributed by atoms with E-state index >= 15 is 0 Å². The SMILES string of the molecule is Cn1ncc(Br)c1C(O)c1ccc(C(F)(F)F)cn1. The number of rotatable bonds is 2. The van der Waals surface area contributed by atoms with Gasteiger partial charge in [-0.15, -0.1) is 0 Å². The molecule has 102 valence electrons. The molecule has 4 nitrogen and oxygen atoms in total. The van der Waals surface area contributed by atoms with E-state index in [1.807, 2.05) is 0 Å². The lowest BCUT2D eigenvalue weighted by Gasteiger charge is -2.12. The molecule has 2 aromatic rings. The fraction of sp³-hybridized carbons (Fsp3) is 0.273. The second-order valence-corrected chi connectivity index (χ2v) is 4.73. The molecule has 0 saturated heterocycles. The lowest BCUT2D eigenvalue weighted by molar-refractivity contribution is -0.137. The third kappa shape index (κ3) is 2.79. The monoisotopic (exact) mass is 335 g/mol. The zero-order chi connectivity index (χ0) is 14.2. The number of hydrogen-bond acceptors (Lipinski definition) is 3. The predicted octanol–water partition coefficient (Wildman–Crippen LogP) is 2.68. The van der Waals surface area contributed by atoms with Crippen LogP contribution in [0.2, 0.25) is 0 Å². The number of halogens is 4. The van der Waals surface area contributed by atoms with E-state index in [2.05, 4.69) is 26.0 Å². The summed E-state index contributed by atoms with van der Waals surface area (Å²) in [4.78, 5) is 3.65. The van der Waals surface area contributed by atoms with Crippen LogP contribution >= 0.6 is 15.9 Å². The zero-order valence-electron chi connectivity index (χ0n) is 9.69. The van der Waals surface area contributed by atoms with Gasteiger partial charge in [0.25, 0.3) is 0 Å². The van der Waals surface area contributed by atoms with Gasteiger partial charge in [-0.1, -0.05) is 0 Å². The fourth-order valence-electron chi connectivity index (χ4n) is 1.60. The highest BCUT2D eigenvalue weighted by molar-refractivity contribution is 9.10. The van der Waals surface area contributed by atoms with Gasteiger partial charge in [-0.2, -0.15) is 18.3 Å². The van der Waals surface area contributed by atoms with Gasteiger partial charge in [0, 0.05) is 13.2 Å². The Hall–Kier alpha value is -1.41. The first-order valence-corrected chi connectivity index (χ1v) is 5.98. The standard InChI is InChI=1S/C11H9BrF3N3O/c1-18-9(7(12)5-17-18)10(19)8-3-2-6(4-16-8)11(13,14)15/h2-5,10,19H,1H3. The van der Waals surface area contributed by atoms with Crippen molar-refractivity contribution in [3.05, 3.63) is 46.0 Å². The number of aliphatic hydroxyl groups excluding tert-OH is 1.